The first-order chi connectivity index (χ1) is 6.70. The van der Waals surface area contributed by atoms with Gasteiger partial charge in [0.15, 0.2) is 5.15 Å². The Morgan fingerprint density at radius 2 is 1.93 bits per heavy atom. The number of anilines is 1. The van der Waals surface area contributed by atoms with Gasteiger partial charge in [-0.1, -0.05) is 29.8 Å². The lowest BCUT2D eigenvalue weighted by Gasteiger charge is -2.06. The van der Waals surface area contributed by atoms with Crippen LogP contribution in [0.4, 0.5) is 5.82 Å². The maximum atomic E-state index is 5.83. The fourth-order valence-electron chi connectivity index (χ4n) is 1.42. The van der Waals surface area contributed by atoms with Crippen LogP contribution >= 0.6 is 11.6 Å². The van der Waals surface area contributed by atoms with Gasteiger partial charge in [-0.15, -0.1) is 0 Å². The molecule has 0 radical (unpaired) electrons. The summed E-state index contributed by atoms with van der Waals surface area (Å²) in [7, 11) is 0. The first-order valence-corrected chi connectivity index (χ1v) is 4.63. The lowest BCUT2D eigenvalue weighted by atomic mass is 10.3. The normalized spacial score (nSPS) is 10.4. The van der Waals surface area contributed by atoms with Gasteiger partial charge in [0.1, 0.15) is 11.6 Å². The smallest absolute Gasteiger partial charge is 0.171 e. The van der Waals surface area contributed by atoms with Crippen molar-refractivity contribution in [3.63, 3.8) is 0 Å². The molecule has 0 amide bonds. The molecule has 3 nitrogen and oxygen atoms in total. The molecule has 2 rings (SSSR count). The van der Waals surface area contributed by atoms with Gasteiger partial charge in [0.2, 0.25) is 0 Å². The number of aromatic nitrogens is 2. The van der Waals surface area contributed by atoms with Crippen LogP contribution in [0, 0.1) is 6.92 Å². The van der Waals surface area contributed by atoms with Crippen LogP contribution < -0.4 is 5.73 Å². The van der Waals surface area contributed by atoms with Crippen molar-refractivity contribution in [2.75, 3.05) is 5.73 Å². The molecule has 0 saturated carbocycles. The van der Waals surface area contributed by atoms with Crippen LogP contribution in [0.15, 0.2) is 30.3 Å². The predicted molar refractivity (Wildman–Crippen MR) is 57.7 cm³/mol. The van der Waals surface area contributed by atoms with Gasteiger partial charge in [0.25, 0.3) is 0 Å². The van der Waals surface area contributed by atoms with E-state index in [1.165, 1.54) is 0 Å². The SMILES string of the molecule is Cc1nc(Cl)c(N)n1-c1ccccc1. The van der Waals surface area contributed by atoms with Crippen LogP contribution in [-0.4, -0.2) is 9.55 Å². The zero-order valence-electron chi connectivity index (χ0n) is 7.74. The Bertz CT molecular complexity index is 448. The van der Waals surface area contributed by atoms with Crippen molar-refractivity contribution < 1.29 is 0 Å². The average molecular weight is 208 g/mol. The van der Waals surface area contributed by atoms with Crippen LogP contribution in [0.5, 0.6) is 0 Å². The highest BCUT2D eigenvalue weighted by Crippen LogP contribution is 2.23. The van der Waals surface area contributed by atoms with Gasteiger partial charge >= 0.3 is 0 Å². The Morgan fingerprint density at radius 3 is 2.43 bits per heavy atom. The van der Waals surface area contributed by atoms with E-state index in [4.69, 9.17) is 17.3 Å². The Labute approximate surface area is 87.1 Å². The number of rotatable bonds is 1. The molecular weight excluding hydrogens is 198 g/mol. The molecule has 0 aliphatic rings. The number of aryl methyl sites for hydroxylation is 1. The number of hydrogen-bond acceptors (Lipinski definition) is 2. The van der Waals surface area contributed by atoms with E-state index < -0.39 is 0 Å². The third-order valence-electron chi connectivity index (χ3n) is 2.05. The number of nitrogens with two attached hydrogens (primary N) is 1. The van der Waals surface area contributed by atoms with E-state index in [0.717, 1.165) is 11.5 Å². The molecule has 0 saturated heterocycles. The quantitative estimate of drug-likeness (QED) is 0.781. The summed E-state index contributed by atoms with van der Waals surface area (Å²) < 4.78 is 1.82. The van der Waals surface area contributed by atoms with E-state index in [0.29, 0.717) is 11.0 Å². The Hall–Kier alpha value is -1.48. The second-order valence-electron chi connectivity index (χ2n) is 3.01. The Kier molecular flexibility index (Phi) is 2.17. The second-order valence-corrected chi connectivity index (χ2v) is 3.36. The minimum Gasteiger partial charge on any atom is -0.382 e. The van der Waals surface area contributed by atoms with Gasteiger partial charge in [0.05, 0.1) is 0 Å². The molecule has 0 aliphatic carbocycles. The maximum absolute atomic E-state index is 5.83. The molecule has 0 spiro atoms. The number of nitrogens with zero attached hydrogens (tertiary/aromatic N) is 2. The van der Waals surface area contributed by atoms with Crippen molar-refractivity contribution in [3.05, 3.63) is 41.3 Å². The molecule has 1 heterocycles. The van der Waals surface area contributed by atoms with E-state index in [1.807, 2.05) is 41.8 Å². The van der Waals surface area contributed by atoms with Crippen molar-refractivity contribution in [1.82, 2.24) is 9.55 Å². The number of imidazole rings is 1. The van der Waals surface area contributed by atoms with Crippen molar-refractivity contribution >= 4 is 17.4 Å². The zero-order chi connectivity index (χ0) is 10.1. The Morgan fingerprint density at radius 1 is 1.29 bits per heavy atom. The molecule has 1 aromatic carbocycles. The number of nitrogen functional groups attached to an aromatic ring is 1. The summed E-state index contributed by atoms with van der Waals surface area (Å²) in [6, 6.07) is 9.76. The number of halogens is 1. The topological polar surface area (TPSA) is 43.8 Å². The van der Waals surface area contributed by atoms with E-state index in [9.17, 15) is 0 Å². The molecule has 14 heavy (non-hydrogen) atoms. The summed E-state index contributed by atoms with van der Waals surface area (Å²) in [4.78, 5) is 4.09. The second kappa shape index (κ2) is 3.35. The molecule has 0 fully saturated rings. The molecule has 72 valence electrons. The van der Waals surface area contributed by atoms with Crippen LogP contribution in [0.3, 0.4) is 0 Å². The van der Waals surface area contributed by atoms with E-state index in [2.05, 4.69) is 4.98 Å². The third-order valence-corrected chi connectivity index (χ3v) is 2.33. The molecule has 0 atom stereocenters. The minimum absolute atomic E-state index is 0.353. The predicted octanol–water partition coefficient (Wildman–Crippen LogP) is 2.42. The Balaban J connectivity index is 2.62. The summed E-state index contributed by atoms with van der Waals surface area (Å²) in [5.41, 5.74) is 6.78. The average Bonchev–Trinajstić information content (AvgIpc) is 2.43. The fourth-order valence-corrected chi connectivity index (χ4v) is 1.63. The minimum atomic E-state index is 0.353. The summed E-state index contributed by atoms with van der Waals surface area (Å²) in [5, 5.41) is 0.353. The first-order valence-electron chi connectivity index (χ1n) is 4.26. The number of hydrogen-bond donors (Lipinski definition) is 1. The summed E-state index contributed by atoms with van der Waals surface area (Å²) in [6.07, 6.45) is 0. The van der Waals surface area contributed by atoms with Crippen LogP contribution in [-0.2, 0) is 0 Å². The summed E-state index contributed by atoms with van der Waals surface area (Å²) >= 11 is 5.83. The number of para-hydroxylation sites is 1. The van der Waals surface area contributed by atoms with Crippen molar-refractivity contribution in [2.24, 2.45) is 0 Å². The molecule has 0 bridgehead atoms. The van der Waals surface area contributed by atoms with Gasteiger partial charge in [-0.3, -0.25) is 4.57 Å². The first kappa shape index (κ1) is 9.09. The third kappa shape index (κ3) is 1.36. The lowest BCUT2D eigenvalue weighted by Crippen LogP contribution is -2.01. The highest BCUT2D eigenvalue weighted by molar-refractivity contribution is 6.31. The molecular formula is C10H10ClN3. The van der Waals surface area contributed by atoms with E-state index >= 15 is 0 Å². The lowest BCUT2D eigenvalue weighted by molar-refractivity contribution is 0.983. The van der Waals surface area contributed by atoms with Gasteiger partial charge < -0.3 is 5.73 Å². The van der Waals surface area contributed by atoms with Gasteiger partial charge in [0, 0.05) is 5.69 Å². The van der Waals surface area contributed by atoms with Gasteiger partial charge in [-0.2, -0.15) is 0 Å². The largest absolute Gasteiger partial charge is 0.382 e. The van der Waals surface area contributed by atoms with Crippen molar-refractivity contribution in [1.29, 1.82) is 0 Å². The zero-order valence-corrected chi connectivity index (χ0v) is 8.49. The molecule has 2 N–H and O–H groups in total. The van der Waals surface area contributed by atoms with E-state index in [1.54, 1.807) is 0 Å². The molecule has 4 heteroatoms. The monoisotopic (exact) mass is 207 g/mol. The molecule has 0 aliphatic heterocycles. The molecule has 0 unspecified atom stereocenters. The summed E-state index contributed by atoms with van der Waals surface area (Å²) in [5.74, 6) is 1.27. The standard InChI is InChI=1S/C10H10ClN3/c1-7-13-9(11)10(12)14(7)8-5-3-2-4-6-8/h2-6H,12H2,1H3. The van der Waals surface area contributed by atoms with Crippen LogP contribution in [0.2, 0.25) is 5.15 Å². The van der Waals surface area contributed by atoms with Crippen LogP contribution in [0.1, 0.15) is 5.82 Å². The van der Waals surface area contributed by atoms with Crippen molar-refractivity contribution in [3.8, 4) is 5.69 Å². The highest BCUT2D eigenvalue weighted by Gasteiger charge is 2.10. The number of benzene rings is 1. The highest BCUT2D eigenvalue weighted by atomic mass is 35.5. The molecule has 1 aromatic heterocycles. The van der Waals surface area contributed by atoms with E-state index in [-0.39, 0.29) is 0 Å². The fraction of sp³-hybridized carbons (Fsp3) is 0.100. The molecule has 2 aromatic rings. The maximum Gasteiger partial charge on any atom is 0.171 e. The summed E-state index contributed by atoms with van der Waals surface area (Å²) in [6.45, 7) is 1.87. The van der Waals surface area contributed by atoms with Crippen molar-refractivity contribution in [2.45, 2.75) is 6.92 Å². The van der Waals surface area contributed by atoms with Gasteiger partial charge in [-0.05, 0) is 19.1 Å². The van der Waals surface area contributed by atoms with Gasteiger partial charge in [-0.25, -0.2) is 4.98 Å². The van der Waals surface area contributed by atoms with Crippen LogP contribution in [0.25, 0.3) is 5.69 Å².